The van der Waals surface area contributed by atoms with Gasteiger partial charge in [-0.2, -0.15) is 0 Å². The van der Waals surface area contributed by atoms with Gasteiger partial charge in [-0.15, -0.1) is 0 Å². The summed E-state index contributed by atoms with van der Waals surface area (Å²) in [4.78, 5) is 36.5. The van der Waals surface area contributed by atoms with Crippen molar-refractivity contribution >= 4 is 18.0 Å². The summed E-state index contributed by atoms with van der Waals surface area (Å²) in [7, 11) is 0. The zero-order valence-corrected chi connectivity index (χ0v) is 20.3. The van der Waals surface area contributed by atoms with Gasteiger partial charge in [0.15, 0.2) is 0 Å². The van der Waals surface area contributed by atoms with E-state index in [1.165, 1.54) is 11.1 Å². The Hall–Kier alpha value is -3.35. The lowest BCUT2D eigenvalue weighted by atomic mass is 9.86. The molecule has 0 aliphatic heterocycles. The third kappa shape index (κ3) is 5.84. The number of rotatable bonds is 8. The van der Waals surface area contributed by atoms with Crippen LogP contribution < -0.4 is 10.6 Å². The van der Waals surface area contributed by atoms with Crippen molar-refractivity contribution in [2.24, 2.45) is 11.8 Å². The van der Waals surface area contributed by atoms with Crippen LogP contribution in [0.3, 0.4) is 0 Å². The third-order valence-electron chi connectivity index (χ3n) is 7.30. The van der Waals surface area contributed by atoms with Crippen LogP contribution in [0.1, 0.15) is 63.0 Å². The first-order valence-electron chi connectivity index (χ1n) is 12.5. The zero-order chi connectivity index (χ0) is 24.9. The molecular formula is C28H34N2O5. The molecule has 186 valence electrons. The van der Waals surface area contributed by atoms with Gasteiger partial charge in [-0.25, -0.2) is 4.79 Å². The number of ether oxygens (including phenoxy) is 1. The molecule has 0 spiro atoms. The average molecular weight is 479 g/mol. The molecule has 0 saturated heterocycles. The topological polar surface area (TPSA) is 105 Å². The number of carboxylic acids is 1. The number of alkyl carbamates (subject to hydrolysis) is 1. The zero-order valence-electron chi connectivity index (χ0n) is 20.3. The Bertz CT molecular complexity index is 1030. The smallest absolute Gasteiger partial charge is 0.407 e. The Morgan fingerprint density at radius 2 is 1.51 bits per heavy atom. The summed E-state index contributed by atoms with van der Waals surface area (Å²) in [5.74, 6) is -1.19. The molecule has 1 atom stereocenters. The van der Waals surface area contributed by atoms with Crippen molar-refractivity contribution in [3.05, 3.63) is 59.7 Å². The Morgan fingerprint density at radius 1 is 0.943 bits per heavy atom. The predicted octanol–water partition coefficient (Wildman–Crippen LogP) is 4.70. The number of benzene rings is 2. The van der Waals surface area contributed by atoms with Crippen LogP contribution >= 0.6 is 0 Å². The first kappa shape index (κ1) is 24.8. The number of carboxylic acid groups (broad SMARTS) is 1. The van der Waals surface area contributed by atoms with E-state index in [4.69, 9.17) is 9.84 Å². The van der Waals surface area contributed by atoms with Gasteiger partial charge < -0.3 is 20.5 Å². The Balaban J connectivity index is 1.29. The van der Waals surface area contributed by atoms with E-state index in [2.05, 4.69) is 34.9 Å². The van der Waals surface area contributed by atoms with Crippen LogP contribution in [0, 0.1) is 11.8 Å². The minimum Gasteiger partial charge on any atom is -0.481 e. The van der Waals surface area contributed by atoms with E-state index in [-0.39, 0.29) is 48.8 Å². The highest BCUT2D eigenvalue weighted by Gasteiger charge is 2.30. The summed E-state index contributed by atoms with van der Waals surface area (Å²) >= 11 is 0. The molecule has 0 bridgehead atoms. The summed E-state index contributed by atoms with van der Waals surface area (Å²) in [6.45, 7) is 4.14. The van der Waals surface area contributed by atoms with Crippen LogP contribution in [0.2, 0.25) is 0 Å². The monoisotopic (exact) mass is 478 g/mol. The van der Waals surface area contributed by atoms with E-state index in [0.29, 0.717) is 25.7 Å². The highest BCUT2D eigenvalue weighted by molar-refractivity contribution is 5.80. The average Bonchev–Trinajstić information content (AvgIpc) is 3.16. The van der Waals surface area contributed by atoms with Crippen LogP contribution in [0.25, 0.3) is 11.1 Å². The second kappa shape index (κ2) is 10.9. The Morgan fingerprint density at radius 3 is 2.06 bits per heavy atom. The fourth-order valence-electron chi connectivity index (χ4n) is 5.22. The number of hydrogen-bond acceptors (Lipinski definition) is 4. The van der Waals surface area contributed by atoms with Crippen molar-refractivity contribution in [3.63, 3.8) is 0 Å². The molecule has 2 aromatic rings. The van der Waals surface area contributed by atoms with Crippen LogP contribution in [0.5, 0.6) is 0 Å². The number of aliphatic carboxylic acids is 1. The molecule has 0 aromatic heterocycles. The largest absolute Gasteiger partial charge is 0.481 e. The Labute approximate surface area is 206 Å². The lowest BCUT2D eigenvalue weighted by Gasteiger charge is -2.28. The van der Waals surface area contributed by atoms with Crippen molar-refractivity contribution in [1.82, 2.24) is 10.6 Å². The molecule has 2 aliphatic rings. The molecule has 2 aromatic carbocycles. The molecule has 1 saturated carbocycles. The summed E-state index contributed by atoms with van der Waals surface area (Å²) in [5, 5.41) is 15.0. The Kier molecular flexibility index (Phi) is 7.73. The van der Waals surface area contributed by atoms with Crippen LogP contribution in [-0.4, -0.2) is 41.8 Å². The number of hydrogen-bond donors (Lipinski definition) is 3. The predicted molar refractivity (Wildman–Crippen MR) is 133 cm³/mol. The molecule has 7 nitrogen and oxygen atoms in total. The second-order valence-corrected chi connectivity index (χ2v) is 9.98. The molecule has 1 unspecified atom stereocenters. The molecule has 0 radical (unpaired) electrons. The summed E-state index contributed by atoms with van der Waals surface area (Å²) in [6.07, 6.45) is 2.10. The van der Waals surface area contributed by atoms with Crippen molar-refractivity contribution in [1.29, 1.82) is 0 Å². The van der Waals surface area contributed by atoms with Gasteiger partial charge in [0.25, 0.3) is 0 Å². The van der Waals surface area contributed by atoms with Crippen molar-refractivity contribution in [2.75, 3.05) is 6.61 Å². The maximum Gasteiger partial charge on any atom is 0.407 e. The highest BCUT2D eigenvalue weighted by atomic mass is 16.5. The van der Waals surface area contributed by atoms with E-state index in [9.17, 15) is 14.4 Å². The van der Waals surface area contributed by atoms with Gasteiger partial charge in [-0.05, 0) is 53.9 Å². The van der Waals surface area contributed by atoms with Gasteiger partial charge in [0.05, 0.1) is 5.92 Å². The van der Waals surface area contributed by atoms with Crippen molar-refractivity contribution in [3.8, 4) is 11.1 Å². The van der Waals surface area contributed by atoms with E-state index in [0.717, 1.165) is 11.1 Å². The van der Waals surface area contributed by atoms with Crippen LogP contribution in [0.4, 0.5) is 4.79 Å². The molecule has 1 fully saturated rings. The molecule has 35 heavy (non-hydrogen) atoms. The normalized spacial score (nSPS) is 20.0. The number of carbonyl (C=O) groups is 3. The lowest BCUT2D eigenvalue weighted by Crippen LogP contribution is -2.45. The van der Waals surface area contributed by atoms with Crippen molar-refractivity contribution in [2.45, 2.75) is 64.0 Å². The number of carbonyl (C=O) groups excluding carboxylic acids is 2. The quantitative estimate of drug-likeness (QED) is 0.510. The van der Waals surface area contributed by atoms with Crippen LogP contribution in [-0.2, 0) is 14.3 Å². The summed E-state index contributed by atoms with van der Waals surface area (Å²) in [5.41, 5.74) is 4.65. The summed E-state index contributed by atoms with van der Waals surface area (Å²) in [6, 6.07) is 16.0. The number of nitrogens with one attached hydrogen (secondary N) is 2. The van der Waals surface area contributed by atoms with Gasteiger partial charge in [0.2, 0.25) is 5.91 Å². The molecular weight excluding hydrogens is 444 g/mol. The van der Waals surface area contributed by atoms with Gasteiger partial charge >= 0.3 is 12.1 Å². The maximum absolute atomic E-state index is 12.7. The highest BCUT2D eigenvalue weighted by Crippen LogP contribution is 2.44. The third-order valence-corrected chi connectivity index (χ3v) is 7.30. The molecule has 7 heteroatoms. The maximum atomic E-state index is 12.7. The first-order chi connectivity index (χ1) is 16.8. The van der Waals surface area contributed by atoms with Gasteiger partial charge in [0, 0.05) is 24.4 Å². The van der Waals surface area contributed by atoms with Crippen LogP contribution in [0.15, 0.2) is 48.5 Å². The second-order valence-electron chi connectivity index (χ2n) is 9.98. The minimum absolute atomic E-state index is 0.0135. The molecule has 3 N–H and O–H groups in total. The number of fused-ring (bicyclic) bond motifs is 3. The first-order valence-corrected chi connectivity index (χ1v) is 12.5. The molecule has 2 aliphatic carbocycles. The van der Waals surface area contributed by atoms with E-state index < -0.39 is 12.1 Å². The van der Waals surface area contributed by atoms with Gasteiger partial charge in [0.1, 0.15) is 6.61 Å². The van der Waals surface area contributed by atoms with E-state index in [1.807, 2.05) is 38.1 Å². The molecule has 2 amide bonds. The lowest BCUT2D eigenvalue weighted by molar-refractivity contribution is -0.142. The van der Waals surface area contributed by atoms with Gasteiger partial charge in [-0.3, -0.25) is 9.59 Å². The van der Waals surface area contributed by atoms with E-state index in [1.54, 1.807) is 0 Å². The fraction of sp³-hybridized carbons (Fsp3) is 0.464. The number of amides is 2. The molecule has 4 rings (SSSR count). The SMILES string of the molecule is CC(C)C(CC(=O)NC1CCC(C(=O)O)CC1)NC(=O)OCC1c2ccccc2-c2ccccc21. The minimum atomic E-state index is -0.762. The standard InChI is InChI=1S/C28H34N2O5/c1-17(2)25(15-26(31)29-19-13-11-18(12-14-19)27(32)33)30-28(34)35-16-24-22-9-5-3-7-20(22)21-8-4-6-10-23(21)24/h3-10,17-19,24-25H,11-16H2,1-2H3,(H,29,31)(H,30,34)(H,32,33). The van der Waals surface area contributed by atoms with E-state index >= 15 is 0 Å². The fourth-order valence-corrected chi connectivity index (χ4v) is 5.22. The van der Waals surface area contributed by atoms with Crippen molar-refractivity contribution < 1.29 is 24.2 Å². The molecule has 0 heterocycles. The summed E-state index contributed by atoms with van der Waals surface area (Å²) < 4.78 is 5.65. The van der Waals surface area contributed by atoms with Gasteiger partial charge in [-0.1, -0.05) is 62.4 Å².